The number of carbonyl (C=O) groups excluding carboxylic acids is 1. The molecule has 1 amide bonds. The number of piperazine rings is 1. The molecular formula is C19H25N5O3S. The van der Waals surface area contributed by atoms with Crippen LogP contribution in [0.15, 0.2) is 24.5 Å². The molecule has 0 radical (unpaired) electrons. The number of aryl methyl sites for hydroxylation is 1. The minimum absolute atomic E-state index is 0.00745. The smallest absolute Gasteiger partial charge is 0.255 e. The van der Waals surface area contributed by atoms with E-state index in [4.69, 9.17) is 0 Å². The SMILES string of the molecule is Cc1nn(C2CCS(=O)(=O)C2)c(C)c1N1CCN(C(=O)c2cccnc2)CC1. The van der Waals surface area contributed by atoms with Crippen molar-refractivity contribution >= 4 is 21.4 Å². The van der Waals surface area contributed by atoms with Crippen molar-refractivity contribution in [1.29, 1.82) is 0 Å². The first-order valence-electron chi connectivity index (χ1n) is 9.56. The number of hydrogen-bond acceptors (Lipinski definition) is 6. The Morgan fingerprint density at radius 1 is 1.18 bits per heavy atom. The third kappa shape index (κ3) is 3.50. The maximum Gasteiger partial charge on any atom is 0.255 e. The number of nitrogens with zero attached hydrogens (tertiary/aromatic N) is 5. The summed E-state index contributed by atoms with van der Waals surface area (Å²) in [4.78, 5) is 20.7. The first kappa shape index (κ1) is 18.9. The molecule has 0 aliphatic carbocycles. The molecule has 0 N–H and O–H groups in total. The largest absolute Gasteiger partial charge is 0.365 e. The van der Waals surface area contributed by atoms with Crippen molar-refractivity contribution in [2.75, 3.05) is 42.6 Å². The average molecular weight is 404 g/mol. The number of pyridine rings is 1. The van der Waals surface area contributed by atoms with E-state index in [2.05, 4.69) is 15.0 Å². The van der Waals surface area contributed by atoms with E-state index in [1.807, 2.05) is 23.4 Å². The molecule has 9 heteroatoms. The second kappa shape index (κ2) is 7.20. The summed E-state index contributed by atoms with van der Waals surface area (Å²) in [5.74, 6) is 0.412. The van der Waals surface area contributed by atoms with Crippen LogP contribution in [0.3, 0.4) is 0 Å². The zero-order chi connectivity index (χ0) is 19.9. The molecule has 2 aliphatic rings. The molecule has 0 aromatic carbocycles. The van der Waals surface area contributed by atoms with E-state index in [1.54, 1.807) is 24.5 Å². The molecule has 8 nitrogen and oxygen atoms in total. The lowest BCUT2D eigenvalue weighted by molar-refractivity contribution is 0.0746. The van der Waals surface area contributed by atoms with E-state index < -0.39 is 9.84 Å². The lowest BCUT2D eigenvalue weighted by Gasteiger charge is -2.36. The minimum Gasteiger partial charge on any atom is -0.365 e. The summed E-state index contributed by atoms with van der Waals surface area (Å²) < 4.78 is 25.6. The van der Waals surface area contributed by atoms with Crippen molar-refractivity contribution in [2.24, 2.45) is 0 Å². The van der Waals surface area contributed by atoms with E-state index >= 15 is 0 Å². The molecule has 0 saturated carbocycles. The number of rotatable bonds is 3. The molecule has 2 fully saturated rings. The van der Waals surface area contributed by atoms with Crippen LogP contribution >= 0.6 is 0 Å². The van der Waals surface area contributed by atoms with Gasteiger partial charge >= 0.3 is 0 Å². The molecule has 2 aromatic rings. The van der Waals surface area contributed by atoms with Gasteiger partial charge in [-0.3, -0.25) is 14.5 Å². The van der Waals surface area contributed by atoms with E-state index in [0.29, 0.717) is 25.1 Å². The molecule has 4 rings (SSSR count). The topological polar surface area (TPSA) is 88.4 Å². The van der Waals surface area contributed by atoms with Crippen LogP contribution in [0.1, 0.15) is 34.2 Å². The highest BCUT2D eigenvalue weighted by Crippen LogP contribution is 2.31. The van der Waals surface area contributed by atoms with Crippen molar-refractivity contribution in [2.45, 2.75) is 26.3 Å². The lowest BCUT2D eigenvalue weighted by Crippen LogP contribution is -2.49. The van der Waals surface area contributed by atoms with Crippen LogP contribution in [0, 0.1) is 13.8 Å². The molecule has 28 heavy (non-hydrogen) atoms. The van der Waals surface area contributed by atoms with Gasteiger partial charge in [0.1, 0.15) is 0 Å². The van der Waals surface area contributed by atoms with Crippen LogP contribution < -0.4 is 4.90 Å². The van der Waals surface area contributed by atoms with Gasteiger partial charge in [0.25, 0.3) is 5.91 Å². The number of aromatic nitrogens is 3. The van der Waals surface area contributed by atoms with Crippen LogP contribution in [0.25, 0.3) is 0 Å². The van der Waals surface area contributed by atoms with E-state index in [0.717, 1.165) is 30.2 Å². The Morgan fingerprint density at radius 3 is 2.54 bits per heavy atom. The summed E-state index contributed by atoms with van der Waals surface area (Å²) in [5, 5.41) is 4.66. The molecule has 2 aromatic heterocycles. The lowest BCUT2D eigenvalue weighted by atomic mass is 10.2. The molecule has 1 unspecified atom stereocenters. The Labute approximate surface area is 165 Å². The number of anilines is 1. The van der Waals surface area contributed by atoms with Gasteiger partial charge in [-0.2, -0.15) is 5.10 Å². The predicted octanol–water partition coefficient (Wildman–Crippen LogP) is 1.22. The highest BCUT2D eigenvalue weighted by Gasteiger charge is 2.33. The molecule has 4 heterocycles. The fourth-order valence-corrected chi connectivity index (χ4v) is 5.93. The zero-order valence-corrected chi connectivity index (χ0v) is 17.0. The van der Waals surface area contributed by atoms with E-state index in [9.17, 15) is 13.2 Å². The van der Waals surface area contributed by atoms with Crippen LogP contribution in [0.2, 0.25) is 0 Å². The number of sulfone groups is 1. The highest BCUT2D eigenvalue weighted by atomic mass is 32.2. The van der Waals surface area contributed by atoms with Gasteiger partial charge in [0, 0.05) is 38.6 Å². The molecule has 0 spiro atoms. The van der Waals surface area contributed by atoms with Gasteiger partial charge in [-0.1, -0.05) is 0 Å². The normalized spacial score (nSPS) is 21.9. The summed E-state index contributed by atoms with van der Waals surface area (Å²) in [5.41, 5.74) is 3.59. The fourth-order valence-electron chi connectivity index (χ4n) is 4.24. The maximum atomic E-state index is 12.6. The monoisotopic (exact) mass is 403 g/mol. The molecule has 2 aliphatic heterocycles. The summed E-state index contributed by atoms with van der Waals surface area (Å²) in [6.45, 7) is 6.69. The van der Waals surface area contributed by atoms with Gasteiger partial charge in [0.2, 0.25) is 0 Å². The predicted molar refractivity (Wildman–Crippen MR) is 106 cm³/mol. The second-order valence-corrected chi connectivity index (χ2v) is 9.77. The standard InChI is InChI=1S/C19H25N5O3S/c1-14-18(15(2)24(21-14)17-5-11-28(26,27)13-17)22-7-9-23(10-8-22)19(25)16-4-3-6-20-12-16/h3-4,6,12,17H,5,7-11,13H2,1-2H3. The van der Waals surface area contributed by atoms with Crippen molar-refractivity contribution in [1.82, 2.24) is 19.7 Å². The Morgan fingerprint density at radius 2 is 1.93 bits per heavy atom. The maximum absolute atomic E-state index is 12.6. The van der Waals surface area contributed by atoms with Gasteiger partial charge in [-0.05, 0) is 32.4 Å². The second-order valence-electron chi connectivity index (χ2n) is 7.54. The first-order chi connectivity index (χ1) is 13.4. The van der Waals surface area contributed by atoms with E-state index in [-0.39, 0.29) is 23.5 Å². The van der Waals surface area contributed by atoms with Gasteiger partial charge in [-0.25, -0.2) is 8.42 Å². The fraction of sp³-hybridized carbons (Fsp3) is 0.526. The molecule has 150 valence electrons. The van der Waals surface area contributed by atoms with Crippen LogP contribution in [-0.2, 0) is 9.84 Å². The van der Waals surface area contributed by atoms with Gasteiger partial charge in [0.15, 0.2) is 9.84 Å². The van der Waals surface area contributed by atoms with Gasteiger partial charge in [-0.15, -0.1) is 0 Å². The van der Waals surface area contributed by atoms with Crippen molar-refractivity contribution in [3.8, 4) is 0 Å². The van der Waals surface area contributed by atoms with Crippen LogP contribution in [0.5, 0.6) is 0 Å². The highest BCUT2D eigenvalue weighted by molar-refractivity contribution is 7.91. The molecule has 1 atom stereocenters. The quantitative estimate of drug-likeness (QED) is 0.766. The average Bonchev–Trinajstić information content (AvgIpc) is 3.20. The summed E-state index contributed by atoms with van der Waals surface area (Å²) in [7, 11) is -2.96. The molecule has 0 bridgehead atoms. The Balaban J connectivity index is 1.47. The molecule has 2 saturated heterocycles. The first-order valence-corrected chi connectivity index (χ1v) is 11.4. The number of hydrogen-bond donors (Lipinski definition) is 0. The third-order valence-electron chi connectivity index (χ3n) is 5.63. The van der Waals surface area contributed by atoms with Gasteiger partial charge in [0.05, 0.1) is 40.2 Å². The zero-order valence-electron chi connectivity index (χ0n) is 16.2. The van der Waals surface area contributed by atoms with Crippen LogP contribution in [0.4, 0.5) is 5.69 Å². The van der Waals surface area contributed by atoms with Crippen molar-refractivity contribution < 1.29 is 13.2 Å². The van der Waals surface area contributed by atoms with Crippen molar-refractivity contribution in [3.05, 3.63) is 41.5 Å². The number of carbonyl (C=O) groups is 1. The van der Waals surface area contributed by atoms with E-state index in [1.165, 1.54) is 0 Å². The molecular weight excluding hydrogens is 378 g/mol. The Bertz CT molecular complexity index is 978. The summed E-state index contributed by atoms with van der Waals surface area (Å²) in [6.07, 6.45) is 3.88. The van der Waals surface area contributed by atoms with Crippen LogP contribution in [-0.4, -0.2) is 71.7 Å². The summed E-state index contributed by atoms with van der Waals surface area (Å²) >= 11 is 0. The van der Waals surface area contributed by atoms with Crippen molar-refractivity contribution in [3.63, 3.8) is 0 Å². The number of amides is 1. The third-order valence-corrected chi connectivity index (χ3v) is 7.38. The minimum atomic E-state index is -2.96. The van der Waals surface area contributed by atoms with Gasteiger partial charge < -0.3 is 9.80 Å². The summed E-state index contributed by atoms with van der Waals surface area (Å²) in [6, 6.07) is 3.48. The Hall–Kier alpha value is -2.42. The Kier molecular flexibility index (Phi) is 4.86.